The Bertz CT molecular complexity index is 543. The van der Waals surface area contributed by atoms with Crippen molar-refractivity contribution in [2.24, 2.45) is 17.1 Å². The summed E-state index contributed by atoms with van der Waals surface area (Å²) in [6, 6.07) is 6.25. The van der Waals surface area contributed by atoms with Gasteiger partial charge in [0.15, 0.2) is 0 Å². The zero-order valence-electron chi connectivity index (χ0n) is 14.6. The predicted molar refractivity (Wildman–Crippen MR) is 88.9 cm³/mol. The van der Waals surface area contributed by atoms with Crippen molar-refractivity contribution < 1.29 is 23.4 Å². The molecule has 24 heavy (non-hydrogen) atoms. The van der Waals surface area contributed by atoms with E-state index in [1.165, 1.54) is 12.1 Å². The van der Waals surface area contributed by atoms with Gasteiger partial charge in [0, 0.05) is 0 Å². The van der Waals surface area contributed by atoms with E-state index in [-0.39, 0.29) is 11.7 Å². The molecule has 1 rings (SSSR count). The van der Waals surface area contributed by atoms with Gasteiger partial charge in [0.2, 0.25) is 5.91 Å². The first-order chi connectivity index (χ1) is 11.1. The van der Waals surface area contributed by atoms with Gasteiger partial charge in [0.1, 0.15) is 5.75 Å². The van der Waals surface area contributed by atoms with Crippen LogP contribution in [-0.2, 0) is 4.79 Å². The standard InChI is InChI=1S/C18H27F2NO3/c1-5-7-13(14(16(21)23)15(22)18(2,3)4)11-8-6-9-12(10-11)24-17(19)20/h6,8-10,13-15,17,22H,5,7H2,1-4H3,(H2,21,23)/t13-,14?,15?/m1/s1. The number of aliphatic hydroxyl groups excluding tert-OH is 1. The Morgan fingerprint density at radius 2 is 1.96 bits per heavy atom. The van der Waals surface area contributed by atoms with Crippen molar-refractivity contribution in [1.82, 2.24) is 0 Å². The Hall–Kier alpha value is -1.69. The number of ether oxygens (including phenoxy) is 1. The summed E-state index contributed by atoms with van der Waals surface area (Å²) in [6.07, 6.45) is 0.399. The van der Waals surface area contributed by atoms with Gasteiger partial charge in [0.05, 0.1) is 12.0 Å². The molecule has 1 aromatic rings. The number of carbonyl (C=O) groups excluding carboxylic acids is 1. The van der Waals surface area contributed by atoms with Gasteiger partial charge in [-0.3, -0.25) is 4.79 Å². The van der Waals surface area contributed by atoms with E-state index in [9.17, 15) is 18.7 Å². The zero-order valence-corrected chi connectivity index (χ0v) is 14.6. The summed E-state index contributed by atoms with van der Waals surface area (Å²) in [7, 11) is 0. The molecule has 1 amide bonds. The van der Waals surface area contributed by atoms with Crippen LogP contribution in [0.15, 0.2) is 24.3 Å². The molecule has 0 saturated heterocycles. The van der Waals surface area contributed by atoms with Crippen molar-refractivity contribution in [3.8, 4) is 5.75 Å². The second-order valence-corrected chi connectivity index (χ2v) is 7.09. The van der Waals surface area contributed by atoms with Gasteiger partial charge in [-0.2, -0.15) is 8.78 Å². The molecule has 0 aliphatic heterocycles. The molecule has 6 heteroatoms. The summed E-state index contributed by atoms with van der Waals surface area (Å²) < 4.78 is 29.3. The van der Waals surface area contributed by atoms with Crippen molar-refractivity contribution in [1.29, 1.82) is 0 Å². The predicted octanol–water partition coefficient (Wildman–Crippen LogP) is 3.68. The van der Waals surface area contributed by atoms with E-state index < -0.39 is 30.0 Å². The van der Waals surface area contributed by atoms with E-state index >= 15 is 0 Å². The molecule has 0 bridgehead atoms. The van der Waals surface area contributed by atoms with E-state index in [2.05, 4.69) is 4.74 Å². The lowest BCUT2D eigenvalue weighted by Crippen LogP contribution is -2.44. The fourth-order valence-electron chi connectivity index (χ4n) is 2.90. The van der Waals surface area contributed by atoms with Crippen LogP contribution < -0.4 is 10.5 Å². The molecular formula is C18H27F2NO3. The van der Waals surface area contributed by atoms with Gasteiger partial charge in [-0.05, 0) is 35.4 Å². The van der Waals surface area contributed by atoms with Gasteiger partial charge in [0.25, 0.3) is 0 Å². The van der Waals surface area contributed by atoms with Crippen LogP contribution in [0.2, 0.25) is 0 Å². The van der Waals surface area contributed by atoms with Crippen LogP contribution in [-0.4, -0.2) is 23.7 Å². The summed E-state index contributed by atoms with van der Waals surface area (Å²) in [5.74, 6) is -1.76. The molecule has 136 valence electrons. The number of carbonyl (C=O) groups is 1. The first-order valence-corrected chi connectivity index (χ1v) is 8.10. The third-order valence-corrected chi connectivity index (χ3v) is 4.10. The molecule has 0 aromatic heterocycles. The largest absolute Gasteiger partial charge is 0.435 e. The fourth-order valence-corrected chi connectivity index (χ4v) is 2.90. The topological polar surface area (TPSA) is 72.5 Å². The minimum Gasteiger partial charge on any atom is -0.435 e. The van der Waals surface area contributed by atoms with E-state index in [1.807, 2.05) is 27.7 Å². The van der Waals surface area contributed by atoms with Gasteiger partial charge in [-0.1, -0.05) is 46.2 Å². The van der Waals surface area contributed by atoms with E-state index in [4.69, 9.17) is 5.73 Å². The molecule has 3 N–H and O–H groups in total. The van der Waals surface area contributed by atoms with Gasteiger partial charge in [-0.25, -0.2) is 0 Å². The molecule has 2 unspecified atom stereocenters. The Kier molecular flexibility index (Phi) is 7.14. The van der Waals surface area contributed by atoms with Gasteiger partial charge >= 0.3 is 6.61 Å². The van der Waals surface area contributed by atoms with Gasteiger partial charge < -0.3 is 15.6 Å². The summed E-state index contributed by atoms with van der Waals surface area (Å²) in [4.78, 5) is 12.1. The van der Waals surface area contributed by atoms with Crippen LogP contribution in [0.5, 0.6) is 5.75 Å². The van der Waals surface area contributed by atoms with Crippen molar-refractivity contribution in [2.45, 2.75) is 59.2 Å². The lowest BCUT2D eigenvalue weighted by atomic mass is 9.72. The van der Waals surface area contributed by atoms with Crippen molar-refractivity contribution in [2.75, 3.05) is 0 Å². The van der Waals surface area contributed by atoms with Crippen LogP contribution in [0.25, 0.3) is 0 Å². The lowest BCUT2D eigenvalue weighted by molar-refractivity contribution is -0.130. The Labute approximate surface area is 142 Å². The number of halogens is 2. The molecule has 0 saturated carbocycles. The highest BCUT2D eigenvalue weighted by Crippen LogP contribution is 2.38. The summed E-state index contributed by atoms with van der Waals surface area (Å²) >= 11 is 0. The normalized spacial score (nSPS) is 15.8. The molecule has 1 aromatic carbocycles. The second kappa shape index (κ2) is 8.42. The average Bonchev–Trinajstić information content (AvgIpc) is 2.44. The molecule has 4 nitrogen and oxygen atoms in total. The van der Waals surface area contributed by atoms with Crippen molar-refractivity contribution in [3.63, 3.8) is 0 Å². The highest BCUT2D eigenvalue weighted by atomic mass is 19.3. The molecule has 0 spiro atoms. The maximum absolute atomic E-state index is 12.4. The van der Waals surface area contributed by atoms with Crippen LogP contribution in [0.4, 0.5) is 8.78 Å². The Balaban J connectivity index is 3.26. The van der Waals surface area contributed by atoms with Crippen LogP contribution >= 0.6 is 0 Å². The number of amides is 1. The maximum atomic E-state index is 12.4. The number of rotatable bonds is 8. The number of primary amides is 1. The van der Waals surface area contributed by atoms with Crippen LogP contribution in [0, 0.1) is 11.3 Å². The van der Waals surface area contributed by atoms with Gasteiger partial charge in [-0.15, -0.1) is 0 Å². The third-order valence-electron chi connectivity index (χ3n) is 4.10. The van der Waals surface area contributed by atoms with E-state index in [0.717, 1.165) is 6.42 Å². The monoisotopic (exact) mass is 343 g/mol. The molecule has 0 aliphatic carbocycles. The second-order valence-electron chi connectivity index (χ2n) is 7.09. The van der Waals surface area contributed by atoms with Crippen molar-refractivity contribution >= 4 is 5.91 Å². The SMILES string of the molecule is CCC[C@H](c1cccc(OC(F)F)c1)C(C(N)=O)C(O)C(C)(C)C. The summed E-state index contributed by atoms with van der Waals surface area (Å²) in [5.41, 5.74) is 5.69. The number of alkyl halides is 2. The molecular weight excluding hydrogens is 316 g/mol. The quantitative estimate of drug-likeness (QED) is 0.756. The molecule has 0 aliphatic rings. The van der Waals surface area contributed by atoms with Crippen LogP contribution in [0.1, 0.15) is 52.0 Å². The first-order valence-electron chi connectivity index (χ1n) is 8.10. The number of benzene rings is 1. The molecule has 0 heterocycles. The number of hydrogen-bond donors (Lipinski definition) is 2. The molecule has 0 radical (unpaired) electrons. The fraction of sp³-hybridized carbons (Fsp3) is 0.611. The minimum atomic E-state index is -2.92. The summed E-state index contributed by atoms with van der Waals surface area (Å²) in [5, 5.41) is 10.6. The molecule has 0 fully saturated rings. The number of aliphatic hydroxyl groups is 1. The zero-order chi connectivity index (χ0) is 18.5. The minimum absolute atomic E-state index is 0.0251. The highest BCUT2D eigenvalue weighted by molar-refractivity contribution is 5.78. The summed E-state index contributed by atoms with van der Waals surface area (Å²) in [6.45, 7) is 4.51. The number of nitrogens with two attached hydrogens (primary N) is 1. The van der Waals surface area contributed by atoms with E-state index in [0.29, 0.717) is 12.0 Å². The lowest BCUT2D eigenvalue weighted by Gasteiger charge is -2.36. The average molecular weight is 343 g/mol. The van der Waals surface area contributed by atoms with Crippen molar-refractivity contribution in [3.05, 3.63) is 29.8 Å². The smallest absolute Gasteiger partial charge is 0.387 e. The first kappa shape index (κ1) is 20.4. The molecule has 3 atom stereocenters. The number of hydrogen-bond acceptors (Lipinski definition) is 3. The van der Waals surface area contributed by atoms with Crippen LogP contribution in [0.3, 0.4) is 0 Å². The van der Waals surface area contributed by atoms with E-state index in [1.54, 1.807) is 12.1 Å². The highest BCUT2D eigenvalue weighted by Gasteiger charge is 2.39. The Morgan fingerprint density at radius 3 is 2.42 bits per heavy atom. The maximum Gasteiger partial charge on any atom is 0.387 e. The third kappa shape index (κ3) is 5.44. The Morgan fingerprint density at radius 1 is 1.33 bits per heavy atom.